The second-order valence-corrected chi connectivity index (χ2v) is 8.06. The molecule has 3 rings (SSSR count). The van der Waals surface area contributed by atoms with Crippen molar-refractivity contribution in [3.8, 4) is 0 Å². The van der Waals surface area contributed by atoms with Gasteiger partial charge in [-0.1, -0.05) is 61.5 Å². The monoisotopic (exact) mass is 441 g/mol. The van der Waals surface area contributed by atoms with E-state index in [-0.39, 0.29) is 17.1 Å². The number of carbonyl (C=O) groups excluding carboxylic acids is 1. The van der Waals surface area contributed by atoms with Gasteiger partial charge >= 0.3 is 5.69 Å². The maximum Gasteiger partial charge on any atom is 0.343 e. The summed E-state index contributed by atoms with van der Waals surface area (Å²) >= 11 is 1.12. The summed E-state index contributed by atoms with van der Waals surface area (Å²) in [6.45, 7) is 4.25. The van der Waals surface area contributed by atoms with E-state index in [0.29, 0.717) is 17.3 Å². The van der Waals surface area contributed by atoms with Crippen LogP contribution in [0.5, 0.6) is 0 Å². The summed E-state index contributed by atoms with van der Waals surface area (Å²) in [7, 11) is 0. The molecular formula is C21H23N5O4S. The van der Waals surface area contributed by atoms with Gasteiger partial charge < -0.3 is 5.32 Å². The third kappa shape index (κ3) is 5.40. The minimum atomic E-state index is -0.766. The van der Waals surface area contributed by atoms with E-state index < -0.39 is 16.1 Å². The van der Waals surface area contributed by atoms with Gasteiger partial charge in [-0.2, -0.15) is 0 Å². The van der Waals surface area contributed by atoms with E-state index in [1.807, 2.05) is 13.0 Å². The molecule has 10 heteroatoms. The number of hydrogen-bond acceptors (Lipinski definition) is 6. The molecule has 0 radical (unpaired) electrons. The van der Waals surface area contributed by atoms with Gasteiger partial charge in [0.1, 0.15) is 10.9 Å². The number of aromatic amines is 1. The average molecular weight is 442 g/mol. The van der Waals surface area contributed by atoms with E-state index in [9.17, 15) is 19.7 Å². The number of nitro groups is 1. The van der Waals surface area contributed by atoms with Crippen molar-refractivity contribution in [3.05, 3.63) is 80.3 Å². The number of thioether (sulfide) groups is 1. The minimum absolute atomic E-state index is 0.118. The van der Waals surface area contributed by atoms with Crippen LogP contribution in [-0.2, 0) is 11.3 Å². The van der Waals surface area contributed by atoms with E-state index in [4.69, 9.17) is 0 Å². The van der Waals surface area contributed by atoms with Crippen molar-refractivity contribution in [1.29, 1.82) is 0 Å². The number of nitrogens with zero attached hydrogens (tertiary/aromatic N) is 3. The molecule has 0 aliphatic heterocycles. The first-order valence-electron chi connectivity index (χ1n) is 9.83. The molecule has 0 fully saturated rings. The van der Waals surface area contributed by atoms with Crippen LogP contribution in [0.4, 0.5) is 11.4 Å². The van der Waals surface area contributed by atoms with Gasteiger partial charge in [0.05, 0.1) is 4.92 Å². The first-order chi connectivity index (χ1) is 14.9. The van der Waals surface area contributed by atoms with E-state index in [0.717, 1.165) is 30.2 Å². The fraction of sp³-hybridized carbons (Fsp3) is 0.286. The Kier molecular flexibility index (Phi) is 7.24. The SMILES string of the molecule is CCCCn1c(SC(C(=O)Nc2ccc(C)cc2[N+](=O)[O-])c2ccccc2)n[nH]c1=O. The third-order valence-corrected chi connectivity index (χ3v) is 5.87. The average Bonchev–Trinajstić information content (AvgIpc) is 3.11. The van der Waals surface area contributed by atoms with Crippen molar-refractivity contribution >= 4 is 29.0 Å². The Balaban J connectivity index is 1.94. The summed E-state index contributed by atoms with van der Waals surface area (Å²) < 4.78 is 1.51. The quantitative estimate of drug-likeness (QED) is 0.293. The van der Waals surface area contributed by atoms with Gasteiger partial charge in [-0.15, -0.1) is 5.10 Å². The molecule has 0 bridgehead atoms. The largest absolute Gasteiger partial charge is 0.343 e. The maximum atomic E-state index is 13.2. The molecule has 1 amide bonds. The number of H-pyrrole nitrogens is 1. The van der Waals surface area contributed by atoms with Crippen molar-refractivity contribution in [2.24, 2.45) is 0 Å². The van der Waals surface area contributed by atoms with Gasteiger partial charge in [-0.3, -0.25) is 19.5 Å². The lowest BCUT2D eigenvalue weighted by atomic mass is 10.1. The molecule has 0 aliphatic carbocycles. The van der Waals surface area contributed by atoms with Gasteiger partial charge in [0.15, 0.2) is 5.16 Å². The van der Waals surface area contributed by atoms with Crippen LogP contribution in [0.25, 0.3) is 0 Å². The maximum absolute atomic E-state index is 13.2. The predicted octanol–water partition coefficient (Wildman–Crippen LogP) is 4.06. The number of aryl methyl sites for hydroxylation is 1. The molecule has 0 saturated heterocycles. The summed E-state index contributed by atoms with van der Waals surface area (Å²) in [5, 5.41) is 20.3. The number of anilines is 1. The molecule has 162 valence electrons. The fourth-order valence-corrected chi connectivity index (χ4v) is 4.08. The molecule has 2 aromatic carbocycles. The number of carbonyl (C=O) groups is 1. The molecule has 9 nitrogen and oxygen atoms in total. The third-order valence-electron chi connectivity index (χ3n) is 4.63. The molecule has 1 atom stereocenters. The fourth-order valence-electron chi connectivity index (χ4n) is 3.01. The molecule has 1 heterocycles. The first kappa shape index (κ1) is 22.3. The Labute approximate surface area is 183 Å². The zero-order valence-electron chi connectivity index (χ0n) is 17.2. The zero-order chi connectivity index (χ0) is 22.4. The number of benzene rings is 2. The smallest absolute Gasteiger partial charge is 0.319 e. The van der Waals surface area contributed by atoms with E-state index in [1.165, 1.54) is 16.7 Å². The topological polar surface area (TPSA) is 123 Å². The highest BCUT2D eigenvalue weighted by Crippen LogP contribution is 2.36. The van der Waals surface area contributed by atoms with Crippen LogP contribution in [0, 0.1) is 17.0 Å². The minimum Gasteiger partial charge on any atom is -0.319 e. The van der Waals surface area contributed by atoms with Crippen molar-refractivity contribution < 1.29 is 9.72 Å². The number of nitro benzene ring substituents is 1. The second kappa shape index (κ2) is 10.1. The standard InChI is InChI=1S/C21H23N5O4S/c1-3-4-12-25-20(28)23-24-21(25)31-18(15-8-6-5-7-9-15)19(27)22-16-11-10-14(2)13-17(16)26(29)30/h5-11,13,18H,3-4,12H2,1-2H3,(H,22,27)(H,23,28). The highest BCUT2D eigenvalue weighted by atomic mass is 32.2. The number of amides is 1. The van der Waals surface area contributed by atoms with Crippen LogP contribution < -0.4 is 11.0 Å². The Morgan fingerprint density at radius 1 is 1.29 bits per heavy atom. The first-order valence-corrected chi connectivity index (χ1v) is 10.7. The number of aromatic nitrogens is 3. The molecule has 1 unspecified atom stereocenters. The summed E-state index contributed by atoms with van der Waals surface area (Å²) in [5.74, 6) is -0.444. The van der Waals surface area contributed by atoms with E-state index >= 15 is 0 Å². The summed E-state index contributed by atoms with van der Waals surface area (Å²) in [6, 6.07) is 13.7. The Morgan fingerprint density at radius 3 is 2.71 bits per heavy atom. The molecule has 0 aliphatic rings. The summed E-state index contributed by atoms with van der Waals surface area (Å²) in [6.07, 6.45) is 1.70. The Hall–Kier alpha value is -3.40. The lowest BCUT2D eigenvalue weighted by molar-refractivity contribution is -0.384. The number of nitrogens with one attached hydrogen (secondary N) is 2. The second-order valence-electron chi connectivity index (χ2n) is 6.99. The van der Waals surface area contributed by atoms with Crippen molar-refractivity contribution in [3.63, 3.8) is 0 Å². The Bertz CT molecular complexity index is 1130. The van der Waals surface area contributed by atoms with Crippen molar-refractivity contribution in [2.75, 3.05) is 5.32 Å². The van der Waals surface area contributed by atoms with Crippen LogP contribution in [0.15, 0.2) is 58.5 Å². The molecule has 3 aromatic rings. The van der Waals surface area contributed by atoms with Crippen LogP contribution in [-0.4, -0.2) is 25.6 Å². The van der Waals surface area contributed by atoms with Crippen molar-refractivity contribution in [2.45, 2.75) is 43.6 Å². The van der Waals surface area contributed by atoms with Gasteiger partial charge in [-0.05, 0) is 30.5 Å². The van der Waals surface area contributed by atoms with E-state index in [2.05, 4.69) is 15.5 Å². The summed E-state index contributed by atoms with van der Waals surface area (Å²) in [5.41, 5.74) is 1.02. The van der Waals surface area contributed by atoms with Gasteiger partial charge in [0.2, 0.25) is 5.91 Å². The molecule has 1 aromatic heterocycles. The van der Waals surface area contributed by atoms with Crippen LogP contribution in [0.2, 0.25) is 0 Å². The van der Waals surface area contributed by atoms with Gasteiger partial charge in [-0.25, -0.2) is 9.89 Å². The van der Waals surface area contributed by atoms with Crippen LogP contribution in [0.3, 0.4) is 0 Å². The number of hydrogen-bond donors (Lipinski definition) is 2. The van der Waals surface area contributed by atoms with Gasteiger partial charge in [0.25, 0.3) is 5.69 Å². The lowest BCUT2D eigenvalue weighted by Gasteiger charge is -2.17. The number of rotatable bonds is 9. The molecule has 0 spiro atoms. The highest BCUT2D eigenvalue weighted by Gasteiger charge is 2.27. The zero-order valence-corrected chi connectivity index (χ0v) is 18.0. The molecule has 31 heavy (non-hydrogen) atoms. The molecule has 0 saturated carbocycles. The molecular weight excluding hydrogens is 418 g/mol. The summed E-state index contributed by atoms with van der Waals surface area (Å²) in [4.78, 5) is 36.3. The van der Waals surface area contributed by atoms with Crippen LogP contribution in [0.1, 0.15) is 36.1 Å². The lowest BCUT2D eigenvalue weighted by Crippen LogP contribution is -2.21. The van der Waals surface area contributed by atoms with Crippen molar-refractivity contribution in [1.82, 2.24) is 14.8 Å². The highest BCUT2D eigenvalue weighted by molar-refractivity contribution is 8.00. The normalized spacial score (nSPS) is 11.8. The van der Waals surface area contributed by atoms with Crippen LogP contribution >= 0.6 is 11.8 Å². The van der Waals surface area contributed by atoms with Gasteiger partial charge in [0, 0.05) is 12.6 Å². The Morgan fingerprint density at radius 2 is 2.03 bits per heavy atom. The number of unbranched alkanes of at least 4 members (excludes halogenated alkanes) is 1. The predicted molar refractivity (Wildman–Crippen MR) is 119 cm³/mol. The molecule has 2 N–H and O–H groups in total. The van der Waals surface area contributed by atoms with E-state index in [1.54, 1.807) is 37.3 Å².